The van der Waals surface area contributed by atoms with Crippen molar-refractivity contribution in [3.8, 4) is 0 Å². The van der Waals surface area contributed by atoms with E-state index < -0.39 is 11.4 Å². The van der Waals surface area contributed by atoms with Gasteiger partial charge < -0.3 is 15.7 Å². The molecular weight excluding hydrogens is 248 g/mol. The minimum absolute atomic E-state index is 0.0330. The molecule has 0 aliphatic carbocycles. The van der Waals surface area contributed by atoms with Gasteiger partial charge in [0, 0.05) is 31.3 Å². The fourth-order valence-corrected chi connectivity index (χ4v) is 1.27. The zero-order valence-corrected chi connectivity index (χ0v) is 11.9. The number of rotatable bonds is 8. The monoisotopic (exact) mass is 272 g/mol. The lowest BCUT2D eigenvalue weighted by Crippen LogP contribution is -2.35. The van der Waals surface area contributed by atoms with Gasteiger partial charge in [0.2, 0.25) is 11.8 Å². The second kappa shape index (κ2) is 8.50. The van der Waals surface area contributed by atoms with E-state index in [0.29, 0.717) is 32.4 Å². The van der Waals surface area contributed by atoms with Crippen molar-refractivity contribution >= 4 is 17.8 Å². The van der Waals surface area contributed by atoms with Crippen LogP contribution in [0.3, 0.4) is 0 Å². The lowest BCUT2D eigenvalue weighted by molar-refractivity contribution is -0.137. The molecule has 0 saturated heterocycles. The van der Waals surface area contributed by atoms with Crippen molar-refractivity contribution < 1.29 is 19.5 Å². The van der Waals surface area contributed by atoms with Crippen molar-refractivity contribution in [3.05, 3.63) is 0 Å². The van der Waals surface area contributed by atoms with Crippen LogP contribution in [0, 0.1) is 5.41 Å². The molecule has 0 radical (unpaired) electrons. The van der Waals surface area contributed by atoms with E-state index in [0.717, 1.165) is 0 Å². The van der Waals surface area contributed by atoms with E-state index in [2.05, 4.69) is 10.6 Å². The van der Waals surface area contributed by atoms with E-state index in [9.17, 15) is 14.4 Å². The molecule has 0 aliphatic rings. The molecule has 0 unspecified atom stereocenters. The van der Waals surface area contributed by atoms with Gasteiger partial charge in [-0.05, 0) is 12.8 Å². The van der Waals surface area contributed by atoms with Crippen LogP contribution in [0.2, 0.25) is 0 Å². The first-order valence-corrected chi connectivity index (χ1v) is 6.50. The predicted molar refractivity (Wildman–Crippen MR) is 71.6 cm³/mol. The van der Waals surface area contributed by atoms with Crippen molar-refractivity contribution in [1.29, 1.82) is 0 Å². The quantitative estimate of drug-likeness (QED) is 0.572. The Morgan fingerprint density at radius 3 is 2.00 bits per heavy atom. The van der Waals surface area contributed by atoms with Gasteiger partial charge in [-0.1, -0.05) is 20.8 Å². The predicted octanol–water partition coefficient (Wildman–Crippen LogP) is 0.910. The summed E-state index contributed by atoms with van der Waals surface area (Å²) in [6, 6.07) is 0. The molecule has 0 spiro atoms. The van der Waals surface area contributed by atoms with E-state index in [4.69, 9.17) is 5.11 Å². The van der Waals surface area contributed by atoms with Crippen LogP contribution in [0.1, 0.15) is 46.5 Å². The Morgan fingerprint density at radius 2 is 1.47 bits per heavy atom. The molecule has 0 aliphatic heterocycles. The molecule has 0 saturated carbocycles. The zero-order valence-electron chi connectivity index (χ0n) is 11.9. The summed E-state index contributed by atoms with van der Waals surface area (Å²) < 4.78 is 0. The van der Waals surface area contributed by atoms with E-state index in [1.54, 1.807) is 0 Å². The number of carboxylic acids is 1. The van der Waals surface area contributed by atoms with Crippen LogP contribution in [0.25, 0.3) is 0 Å². The van der Waals surface area contributed by atoms with Crippen molar-refractivity contribution in [2.75, 3.05) is 13.1 Å². The minimum Gasteiger partial charge on any atom is -0.481 e. The van der Waals surface area contributed by atoms with Gasteiger partial charge in [-0.15, -0.1) is 0 Å². The Hall–Kier alpha value is -1.59. The number of aliphatic carboxylic acids is 1. The van der Waals surface area contributed by atoms with Crippen molar-refractivity contribution in [2.45, 2.75) is 46.5 Å². The Bertz CT molecular complexity index is 321. The molecule has 0 atom stereocenters. The maximum Gasteiger partial charge on any atom is 0.303 e. The first-order valence-electron chi connectivity index (χ1n) is 6.50. The molecule has 0 aromatic heterocycles. The van der Waals surface area contributed by atoms with Gasteiger partial charge in [0.25, 0.3) is 0 Å². The smallest absolute Gasteiger partial charge is 0.303 e. The summed E-state index contributed by atoms with van der Waals surface area (Å²) in [5, 5.41) is 13.8. The average Bonchev–Trinajstić information content (AvgIpc) is 2.28. The standard InChI is InChI=1S/C13H24N2O4/c1-13(2,3)12(19)15-9-4-6-10(16)14-8-5-7-11(17)18/h4-9H2,1-3H3,(H,14,16)(H,15,19)(H,17,18). The lowest BCUT2D eigenvalue weighted by atomic mass is 9.96. The molecule has 110 valence electrons. The summed E-state index contributed by atoms with van der Waals surface area (Å²) in [5.74, 6) is -1.01. The van der Waals surface area contributed by atoms with Gasteiger partial charge in [-0.25, -0.2) is 0 Å². The van der Waals surface area contributed by atoms with E-state index in [1.807, 2.05) is 20.8 Å². The molecule has 2 amide bonds. The molecule has 6 nitrogen and oxygen atoms in total. The number of nitrogens with one attached hydrogen (secondary N) is 2. The molecule has 0 heterocycles. The summed E-state index contributed by atoms with van der Waals surface area (Å²) in [6.07, 6.45) is 1.40. The van der Waals surface area contributed by atoms with Crippen LogP contribution in [0.5, 0.6) is 0 Å². The van der Waals surface area contributed by atoms with Crippen LogP contribution >= 0.6 is 0 Å². The summed E-state index contributed by atoms with van der Waals surface area (Å²) in [7, 11) is 0. The van der Waals surface area contributed by atoms with Gasteiger partial charge >= 0.3 is 5.97 Å². The first kappa shape index (κ1) is 17.4. The van der Waals surface area contributed by atoms with E-state index in [1.165, 1.54) is 0 Å². The molecule has 19 heavy (non-hydrogen) atoms. The summed E-state index contributed by atoms with van der Waals surface area (Å²) >= 11 is 0. The van der Waals surface area contributed by atoms with Gasteiger partial charge in [0.15, 0.2) is 0 Å². The minimum atomic E-state index is -0.862. The van der Waals surface area contributed by atoms with Gasteiger partial charge in [-0.2, -0.15) is 0 Å². The van der Waals surface area contributed by atoms with Gasteiger partial charge in [-0.3, -0.25) is 14.4 Å². The lowest BCUT2D eigenvalue weighted by Gasteiger charge is -2.17. The maximum atomic E-state index is 11.5. The molecule has 0 rings (SSSR count). The van der Waals surface area contributed by atoms with Crippen LogP contribution in [-0.2, 0) is 14.4 Å². The largest absolute Gasteiger partial charge is 0.481 e. The Balaban J connectivity index is 3.54. The van der Waals surface area contributed by atoms with E-state index >= 15 is 0 Å². The molecule has 0 aromatic carbocycles. The third-order valence-electron chi connectivity index (χ3n) is 2.44. The molecule has 3 N–H and O–H groups in total. The van der Waals surface area contributed by atoms with Gasteiger partial charge in [0.1, 0.15) is 0 Å². The Labute approximate surface area is 113 Å². The molecule has 0 aromatic rings. The van der Waals surface area contributed by atoms with Crippen LogP contribution in [0.15, 0.2) is 0 Å². The number of carboxylic acid groups (broad SMARTS) is 1. The second-order valence-electron chi connectivity index (χ2n) is 5.46. The highest BCUT2D eigenvalue weighted by Crippen LogP contribution is 2.12. The fourth-order valence-electron chi connectivity index (χ4n) is 1.27. The highest BCUT2D eigenvalue weighted by atomic mass is 16.4. The first-order chi connectivity index (χ1) is 8.73. The number of hydrogen-bond donors (Lipinski definition) is 3. The van der Waals surface area contributed by atoms with Crippen LogP contribution < -0.4 is 10.6 Å². The second-order valence-corrected chi connectivity index (χ2v) is 5.46. The Morgan fingerprint density at radius 1 is 0.947 bits per heavy atom. The maximum absolute atomic E-state index is 11.5. The number of amides is 2. The number of carbonyl (C=O) groups excluding carboxylic acids is 2. The SMILES string of the molecule is CC(C)(C)C(=O)NCCCC(=O)NCCCC(=O)O. The molecule has 6 heteroatoms. The van der Waals surface area contributed by atoms with Crippen molar-refractivity contribution in [3.63, 3.8) is 0 Å². The zero-order chi connectivity index (χ0) is 14.9. The van der Waals surface area contributed by atoms with E-state index in [-0.39, 0.29) is 18.2 Å². The Kier molecular flexibility index (Phi) is 7.79. The number of carbonyl (C=O) groups is 3. The van der Waals surface area contributed by atoms with Gasteiger partial charge in [0.05, 0.1) is 0 Å². The molecule has 0 bridgehead atoms. The molecule has 0 fully saturated rings. The van der Waals surface area contributed by atoms with Crippen molar-refractivity contribution in [1.82, 2.24) is 10.6 Å². The number of hydrogen-bond acceptors (Lipinski definition) is 3. The highest BCUT2D eigenvalue weighted by molar-refractivity contribution is 5.81. The normalized spacial score (nSPS) is 10.9. The highest BCUT2D eigenvalue weighted by Gasteiger charge is 2.20. The van der Waals surface area contributed by atoms with Crippen molar-refractivity contribution in [2.24, 2.45) is 5.41 Å². The van der Waals surface area contributed by atoms with Crippen LogP contribution in [-0.4, -0.2) is 36.0 Å². The fraction of sp³-hybridized carbons (Fsp3) is 0.769. The molecular formula is C13H24N2O4. The third-order valence-corrected chi connectivity index (χ3v) is 2.44. The summed E-state index contributed by atoms with van der Waals surface area (Å²) in [5.41, 5.74) is -0.418. The van der Waals surface area contributed by atoms with Crippen LogP contribution in [0.4, 0.5) is 0 Å². The third kappa shape index (κ3) is 10.1. The summed E-state index contributed by atoms with van der Waals surface area (Å²) in [6.45, 7) is 6.34. The summed E-state index contributed by atoms with van der Waals surface area (Å²) in [4.78, 5) is 33.1. The topological polar surface area (TPSA) is 95.5 Å². The average molecular weight is 272 g/mol.